The Bertz CT molecular complexity index is 1200. The second-order valence-electron chi connectivity index (χ2n) is 7.57. The van der Waals surface area contributed by atoms with E-state index in [9.17, 15) is 14.7 Å². The molecular weight excluding hydrogens is 398 g/mol. The van der Waals surface area contributed by atoms with Gasteiger partial charge in [0, 0.05) is 39.6 Å². The molecule has 0 spiro atoms. The first kappa shape index (κ1) is 22.3. The van der Waals surface area contributed by atoms with Gasteiger partial charge < -0.3 is 19.7 Å². The number of benzene rings is 1. The van der Waals surface area contributed by atoms with Crippen LogP contribution >= 0.6 is 0 Å². The number of aryl methyl sites for hydroxylation is 1. The van der Waals surface area contributed by atoms with Crippen LogP contribution in [-0.4, -0.2) is 49.1 Å². The van der Waals surface area contributed by atoms with Crippen molar-refractivity contribution in [1.29, 1.82) is 0 Å². The molecule has 2 atom stereocenters. The molecule has 0 aliphatic rings. The molecule has 3 rings (SSSR count). The van der Waals surface area contributed by atoms with Crippen LogP contribution in [0.25, 0.3) is 11.2 Å². The number of aliphatic hydroxyl groups excluding tert-OH is 1. The first-order valence-electron chi connectivity index (χ1n) is 9.99. The zero-order valence-corrected chi connectivity index (χ0v) is 17.9. The molecule has 0 saturated heterocycles. The van der Waals surface area contributed by atoms with E-state index in [1.165, 1.54) is 11.6 Å². The van der Waals surface area contributed by atoms with E-state index >= 15 is 0 Å². The van der Waals surface area contributed by atoms with Crippen molar-refractivity contribution in [3.63, 3.8) is 0 Å². The van der Waals surface area contributed by atoms with E-state index < -0.39 is 11.8 Å². The third kappa shape index (κ3) is 5.05. The Morgan fingerprint density at radius 1 is 1.23 bits per heavy atom. The van der Waals surface area contributed by atoms with Crippen molar-refractivity contribution in [2.75, 3.05) is 13.2 Å². The molecule has 0 aliphatic carbocycles. The van der Waals surface area contributed by atoms with Gasteiger partial charge in [0.2, 0.25) is 0 Å². The third-order valence-corrected chi connectivity index (χ3v) is 5.06. The highest BCUT2D eigenvalue weighted by Crippen LogP contribution is 2.13. The summed E-state index contributed by atoms with van der Waals surface area (Å²) < 4.78 is 9.76. The molecule has 0 amide bonds. The van der Waals surface area contributed by atoms with Crippen LogP contribution in [0.1, 0.15) is 12.5 Å². The maximum atomic E-state index is 12.5. The Kier molecular flexibility index (Phi) is 6.95. The fraction of sp³-hybridized carbons (Fsp3) is 0.409. The van der Waals surface area contributed by atoms with Gasteiger partial charge in [0.25, 0.3) is 5.56 Å². The molecule has 1 aromatic carbocycles. The average molecular weight is 425 g/mol. The Balaban J connectivity index is 1.54. The molecule has 31 heavy (non-hydrogen) atoms. The van der Waals surface area contributed by atoms with Crippen LogP contribution < -0.4 is 21.3 Å². The summed E-state index contributed by atoms with van der Waals surface area (Å²) in [5.41, 5.74) is 0.956. The molecule has 2 N–H and O–H groups in total. The summed E-state index contributed by atoms with van der Waals surface area (Å²) in [6, 6.07) is 7.40. The van der Waals surface area contributed by atoms with E-state index in [0.29, 0.717) is 36.4 Å². The van der Waals surface area contributed by atoms with Crippen molar-refractivity contribution in [3.8, 4) is 18.1 Å². The minimum Gasteiger partial charge on any atom is -0.491 e. The van der Waals surface area contributed by atoms with Crippen molar-refractivity contribution < 1.29 is 9.84 Å². The molecule has 0 aliphatic heterocycles. The Morgan fingerprint density at radius 3 is 2.61 bits per heavy atom. The van der Waals surface area contributed by atoms with Gasteiger partial charge in [-0.25, -0.2) is 9.78 Å². The van der Waals surface area contributed by atoms with Crippen LogP contribution in [0.4, 0.5) is 0 Å². The largest absolute Gasteiger partial charge is 0.491 e. The molecule has 0 fully saturated rings. The van der Waals surface area contributed by atoms with Gasteiger partial charge in [0.15, 0.2) is 11.2 Å². The van der Waals surface area contributed by atoms with Gasteiger partial charge in [-0.2, -0.15) is 0 Å². The molecule has 9 heteroatoms. The van der Waals surface area contributed by atoms with Crippen LogP contribution in [-0.2, 0) is 27.1 Å². The van der Waals surface area contributed by atoms with Crippen molar-refractivity contribution in [3.05, 3.63) is 57.0 Å². The minimum absolute atomic E-state index is 0.0583. The monoisotopic (exact) mass is 425 g/mol. The Labute approximate surface area is 179 Å². The summed E-state index contributed by atoms with van der Waals surface area (Å²) in [5.74, 6) is 3.25. The van der Waals surface area contributed by atoms with Gasteiger partial charge in [-0.05, 0) is 24.6 Å². The highest BCUT2D eigenvalue weighted by molar-refractivity contribution is 5.69. The Morgan fingerprint density at radius 2 is 1.94 bits per heavy atom. The first-order valence-corrected chi connectivity index (χ1v) is 9.99. The maximum Gasteiger partial charge on any atom is 0.332 e. The lowest BCUT2D eigenvalue weighted by Gasteiger charge is -2.18. The quantitative estimate of drug-likeness (QED) is 0.469. The lowest BCUT2D eigenvalue weighted by molar-refractivity contribution is 0.103. The summed E-state index contributed by atoms with van der Waals surface area (Å²) in [7, 11) is 3.03. The second-order valence-corrected chi connectivity index (χ2v) is 7.57. The number of hydrogen-bond donors (Lipinski definition) is 2. The number of aromatic nitrogens is 4. The first-order chi connectivity index (χ1) is 14.8. The third-order valence-electron chi connectivity index (χ3n) is 5.06. The number of aliphatic hydroxyl groups is 1. The molecule has 0 bridgehead atoms. The van der Waals surface area contributed by atoms with E-state index in [0.717, 1.165) is 10.1 Å². The van der Waals surface area contributed by atoms with Crippen LogP contribution in [0.2, 0.25) is 0 Å². The second kappa shape index (κ2) is 9.64. The molecule has 2 aromatic heterocycles. The lowest BCUT2D eigenvalue weighted by atomic mass is 10.1. The fourth-order valence-corrected chi connectivity index (χ4v) is 3.30. The molecule has 0 radical (unpaired) electrons. The van der Waals surface area contributed by atoms with Crippen molar-refractivity contribution in [2.24, 2.45) is 14.1 Å². The van der Waals surface area contributed by atoms with Gasteiger partial charge in [0.1, 0.15) is 18.5 Å². The van der Waals surface area contributed by atoms with Crippen LogP contribution in [0.3, 0.4) is 0 Å². The molecular formula is C22H27N5O4. The van der Waals surface area contributed by atoms with Gasteiger partial charge >= 0.3 is 5.69 Å². The van der Waals surface area contributed by atoms with Gasteiger partial charge in [-0.15, -0.1) is 12.3 Å². The van der Waals surface area contributed by atoms with Gasteiger partial charge in [0.05, 0.1) is 6.33 Å². The molecule has 0 saturated carbocycles. The number of imidazole rings is 1. The van der Waals surface area contributed by atoms with Crippen molar-refractivity contribution >= 4 is 11.2 Å². The fourth-order valence-electron chi connectivity index (χ4n) is 3.30. The van der Waals surface area contributed by atoms with Crippen LogP contribution in [0, 0.1) is 12.3 Å². The van der Waals surface area contributed by atoms with E-state index in [4.69, 9.17) is 11.2 Å². The molecule has 164 valence electrons. The van der Waals surface area contributed by atoms with Crippen LogP contribution in [0.15, 0.2) is 40.2 Å². The highest BCUT2D eigenvalue weighted by atomic mass is 16.5. The maximum absolute atomic E-state index is 12.5. The lowest BCUT2D eigenvalue weighted by Crippen LogP contribution is -2.40. The van der Waals surface area contributed by atoms with Crippen molar-refractivity contribution in [2.45, 2.75) is 32.0 Å². The average Bonchev–Trinajstić information content (AvgIpc) is 3.18. The molecule has 2 heterocycles. The van der Waals surface area contributed by atoms with Crippen LogP contribution in [0.5, 0.6) is 5.75 Å². The number of terminal acetylenes is 1. The summed E-state index contributed by atoms with van der Waals surface area (Å²) in [6.45, 7) is 2.86. The topological polar surface area (TPSA) is 103 Å². The number of fused-ring (bicyclic) bond motifs is 1. The number of rotatable bonds is 9. The van der Waals surface area contributed by atoms with Gasteiger partial charge in [-0.3, -0.25) is 13.9 Å². The summed E-state index contributed by atoms with van der Waals surface area (Å²) in [5, 5.41) is 13.4. The molecule has 9 nitrogen and oxygen atoms in total. The van der Waals surface area contributed by atoms with E-state index in [-0.39, 0.29) is 18.2 Å². The summed E-state index contributed by atoms with van der Waals surface area (Å²) >= 11 is 0. The van der Waals surface area contributed by atoms with Crippen molar-refractivity contribution in [1.82, 2.24) is 24.0 Å². The SMILES string of the molecule is C#CCc1ccc(OCC(O)CNC(C)Cn2cnc3c2c(=O)n(C)c(=O)n3C)cc1. The highest BCUT2D eigenvalue weighted by Gasteiger charge is 2.16. The van der Waals surface area contributed by atoms with E-state index in [1.54, 1.807) is 17.9 Å². The zero-order valence-electron chi connectivity index (χ0n) is 17.9. The normalized spacial score (nSPS) is 13.1. The number of nitrogens with one attached hydrogen (secondary N) is 1. The minimum atomic E-state index is -0.707. The summed E-state index contributed by atoms with van der Waals surface area (Å²) in [6.07, 6.45) is 6.70. The number of ether oxygens (including phenoxy) is 1. The van der Waals surface area contributed by atoms with Gasteiger partial charge in [-0.1, -0.05) is 12.1 Å². The molecule has 2 unspecified atom stereocenters. The zero-order chi connectivity index (χ0) is 22.5. The standard InChI is InChI=1S/C22H27N5O4/c1-5-6-16-7-9-18(10-8-16)31-13-17(28)11-23-15(2)12-27-14-24-20-19(27)21(29)26(4)22(30)25(20)3/h1,7-10,14-15,17,23,28H,6,11-13H2,2-4H3. The Hall–Kier alpha value is -3.35. The molecule has 3 aromatic rings. The number of nitrogens with zero attached hydrogens (tertiary/aromatic N) is 4. The smallest absolute Gasteiger partial charge is 0.332 e. The summed E-state index contributed by atoms with van der Waals surface area (Å²) in [4.78, 5) is 28.8. The number of hydrogen-bond acceptors (Lipinski definition) is 6. The predicted molar refractivity (Wildman–Crippen MR) is 118 cm³/mol. The van der Waals surface area contributed by atoms with E-state index in [2.05, 4.69) is 16.2 Å². The van der Waals surface area contributed by atoms with E-state index in [1.807, 2.05) is 31.2 Å². The predicted octanol–water partition coefficient (Wildman–Crippen LogP) is 0.0274.